The van der Waals surface area contributed by atoms with Crippen LogP contribution in [0.4, 0.5) is 5.13 Å². The molecule has 4 rings (SSSR count). The van der Waals surface area contributed by atoms with E-state index in [-0.39, 0.29) is 17.8 Å². The molecule has 0 aliphatic carbocycles. The summed E-state index contributed by atoms with van der Waals surface area (Å²) in [5.41, 5.74) is 2.44. The van der Waals surface area contributed by atoms with Crippen molar-refractivity contribution in [2.24, 2.45) is 0 Å². The van der Waals surface area contributed by atoms with Crippen molar-refractivity contribution in [1.29, 1.82) is 0 Å². The van der Waals surface area contributed by atoms with Crippen molar-refractivity contribution < 1.29 is 14.3 Å². The molecule has 0 fully saturated rings. The van der Waals surface area contributed by atoms with Gasteiger partial charge in [-0.2, -0.15) is 0 Å². The third-order valence-corrected chi connectivity index (χ3v) is 5.88. The minimum absolute atomic E-state index is 0.151. The van der Waals surface area contributed by atoms with Crippen LogP contribution in [0.2, 0.25) is 0 Å². The number of nitrogens with zero attached hydrogens (tertiary/aromatic N) is 5. The van der Waals surface area contributed by atoms with Gasteiger partial charge in [0, 0.05) is 5.69 Å². The highest BCUT2D eigenvalue weighted by molar-refractivity contribution is 7.99. The van der Waals surface area contributed by atoms with Crippen molar-refractivity contribution in [3.05, 3.63) is 65.9 Å². The summed E-state index contributed by atoms with van der Waals surface area (Å²) in [5, 5.41) is 20.0. The Bertz CT molecular complexity index is 1150. The summed E-state index contributed by atoms with van der Waals surface area (Å²) in [5.74, 6) is 2.02. The molecule has 32 heavy (non-hydrogen) atoms. The van der Waals surface area contributed by atoms with Crippen LogP contribution in [0.5, 0.6) is 11.5 Å². The molecule has 9 nitrogen and oxygen atoms in total. The Labute approximate surface area is 192 Å². The van der Waals surface area contributed by atoms with Crippen LogP contribution in [-0.2, 0) is 4.79 Å². The molecule has 0 bridgehead atoms. The van der Waals surface area contributed by atoms with Gasteiger partial charge in [0.25, 0.3) is 0 Å². The fourth-order valence-corrected chi connectivity index (χ4v) is 4.10. The number of para-hydroxylation sites is 1. The van der Waals surface area contributed by atoms with Gasteiger partial charge in [0.2, 0.25) is 11.0 Å². The predicted octanol–water partition coefficient (Wildman–Crippen LogP) is 4.00. The maximum Gasteiger partial charge on any atom is 0.236 e. The van der Waals surface area contributed by atoms with Crippen LogP contribution in [0, 0.1) is 0 Å². The number of ether oxygens (including phenoxy) is 2. The van der Waals surface area contributed by atoms with E-state index in [9.17, 15) is 4.79 Å². The lowest BCUT2D eigenvalue weighted by Crippen LogP contribution is -2.15. The standard InChI is InChI=1S/C21H20N6O3S2/c1-14(30-17-10-8-16(29-2)9-11-17)19-24-26-21(27(19)15-6-4-3-5-7-15)31-12-18(28)23-20-25-22-13-32-20/h3-11,13-14H,12H2,1-2H3,(H,23,25,28). The van der Waals surface area contributed by atoms with E-state index in [1.165, 1.54) is 23.1 Å². The Morgan fingerprint density at radius 3 is 2.53 bits per heavy atom. The summed E-state index contributed by atoms with van der Waals surface area (Å²) in [6.45, 7) is 1.91. The minimum Gasteiger partial charge on any atom is -0.497 e. The molecule has 164 valence electrons. The maximum absolute atomic E-state index is 12.3. The molecule has 2 heterocycles. The van der Waals surface area contributed by atoms with Gasteiger partial charge in [0.15, 0.2) is 17.1 Å². The van der Waals surface area contributed by atoms with Gasteiger partial charge >= 0.3 is 0 Å². The number of amides is 1. The highest BCUT2D eigenvalue weighted by Crippen LogP contribution is 2.28. The zero-order valence-corrected chi connectivity index (χ0v) is 19.0. The van der Waals surface area contributed by atoms with E-state index in [1.54, 1.807) is 12.6 Å². The van der Waals surface area contributed by atoms with Crippen molar-refractivity contribution in [2.75, 3.05) is 18.2 Å². The summed E-state index contributed by atoms with van der Waals surface area (Å²) in [7, 11) is 1.62. The largest absolute Gasteiger partial charge is 0.497 e. The van der Waals surface area contributed by atoms with Crippen LogP contribution < -0.4 is 14.8 Å². The third-order valence-electron chi connectivity index (χ3n) is 4.35. The molecule has 11 heteroatoms. The normalized spacial score (nSPS) is 11.7. The fraction of sp³-hybridized carbons (Fsp3) is 0.190. The molecular formula is C21H20N6O3S2. The summed E-state index contributed by atoms with van der Waals surface area (Å²) in [4.78, 5) is 12.3. The first-order valence-corrected chi connectivity index (χ1v) is 11.5. The van der Waals surface area contributed by atoms with Gasteiger partial charge in [0.05, 0.1) is 12.9 Å². The topological polar surface area (TPSA) is 104 Å². The second-order valence-electron chi connectivity index (χ2n) is 6.53. The van der Waals surface area contributed by atoms with Crippen molar-refractivity contribution >= 4 is 34.1 Å². The average Bonchev–Trinajstić information content (AvgIpc) is 3.48. The number of carbonyl (C=O) groups excluding carboxylic acids is 1. The summed E-state index contributed by atoms with van der Waals surface area (Å²) >= 11 is 2.55. The number of hydrogen-bond donors (Lipinski definition) is 1. The van der Waals surface area contributed by atoms with Crippen molar-refractivity contribution in [3.8, 4) is 17.2 Å². The van der Waals surface area contributed by atoms with E-state index >= 15 is 0 Å². The zero-order valence-electron chi connectivity index (χ0n) is 17.3. The summed E-state index contributed by atoms with van der Waals surface area (Å²) < 4.78 is 13.2. The number of anilines is 1. The molecule has 1 unspecified atom stereocenters. The molecule has 2 aromatic carbocycles. The number of hydrogen-bond acceptors (Lipinski definition) is 9. The Kier molecular flexibility index (Phi) is 6.97. The highest BCUT2D eigenvalue weighted by atomic mass is 32.2. The van der Waals surface area contributed by atoms with Gasteiger partial charge in [0.1, 0.15) is 17.0 Å². The van der Waals surface area contributed by atoms with Gasteiger partial charge in [-0.25, -0.2) is 0 Å². The van der Waals surface area contributed by atoms with Crippen molar-refractivity contribution in [1.82, 2.24) is 25.0 Å². The molecule has 1 N–H and O–H groups in total. The molecule has 0 aliphatic heterocycles. The number of methoxy groups -OCH3 is 1. The first-order valence-electron chi connectivity index (χ1n) is 9.64. The molecular weight excluding hydrogens is 448 g/mol. The molecule has 0 saturated heterocycles. The van der Waals surface area contributed by atoms with Crippen molar-refractivity contribution in [2.45, 2.75) is 18.2 Å². The molecule has 4 aromatic rings. The summed E-state index contributed by atoms with van der Waals surface area (Å²) in [6.07, 6.45) is -0.388. The Morgan fingerprint density at radius 2 is 1.84 bits per heavy atom. The monoisotopic (exact) mass is 468 g/mol. The van der Waals surface area contributed by atoms with Crippen LogP contribution in [0.3, 0.4) is 0 Å². The second-order valence-corrected chi connectivity index (χ2v) is 8.30. The van der Waals surface area contributed by atoms with E-state index in [0.29, 0.717) is 21.9 Å². The Balaban J connectivity index is 1.54. The molecule has 2 aromatic heterocycles. The molecule has 0 spiro atoms. The van der Waals surface area contributed by atoms with E-state index < -0.39 is 0 Å². The first kappa shape index (κ1) is 21.8. The van der Waals surface area contributed by atoms with Crippen LogP contribution in [0.25, 0.3) is 5.69 Å². The lowest BCUT2D eigenvalue weighted by molar-refractivity contribution is -0.113. The average molecular weight is 469 g/mol. The van der Waals surface area contributed by atoms with Crippen LogP contribution in [0.1, 0.15) is 18.9 Å². The molecule has 0 radical (unpaired) electrons. The lowest BCUT2D eigenvalue weighted by atomic mass is 10.3. The molecule has 1 amide bonds. The Hall–Kier alpha value is -3.44. The minimum atomic E-state index is -0.388. The molecule has 1 atom stereocenters. The van der Waals surface area contributed by atoms with Gasteiger partial charge in [-0.3, -0.25) is 14.7 Å². The number of aromatic nitrogens is 5. The predicted molar refractivity (Wildman–Crippen MR) is 123 cm³/mol. The van der Waals surface area contributed by atoms with E-state index in [1.807, 2.05) is 66.1 Å². The van der Waals surface area contributed by atoms with Gasteiger partial charge < -0.3 is 9.47 Å². The van der Waals surface area contributed by atoms with Crippen LogP contribution in [0.15, 0.2) is 65.3 Å². The van der Waals surface area contributed by atoms with E-state index in [2.05, 4.69) is 25.7 Å². The number of carbonyl (C=O) groups is 1. The van der Waals surface area contributed by atoms with Gasteiger partial charge in [-0.15, -0.1) is 20.4 Å². The Morgan fingerprint density at radius 1 is 1.09 bits per heavy atom. The third kappa shape index (κ3) is 5.24. The van der Waals surface area contributed by atoms with E-state index in [0.717, 1.165) is 11.4 Å². The first-order chi connectivity index (χ1) is 15.6. The number of rotatable bonds is 9. The maximum atomic E-state index is 12.3. The lowest BCUT2D eigenvalue weighted by Gasteiger charge is -2.17. The number of nitrogens with one attached hydrogen (secondary N) is 1. The number of thioether (sulfide) groups is 1. The van der Waals surface area contributed by atoms with Gasteiger partial charge in [-0.05, 0) is 43.3 Å². The SMILES string of the molecule is COc1ccc(OC(C)c2nnc(SCC(=O)Nc3nncs3)n2-c2ccccc2)cc1. The zero-order chi connectivity index (χ0) is 22.3. The van der Waals surface area contributed by atoms with Crippen LogP contribution in [-0.4, -0.2) is 43.7 Å². The fourth-order valence-electron chi connectivity index (χ4n) is 2.88. The summed E-state index contributed by atoms with van der Waals surface area (Å²) in [6, 6.07) is 17.1. The molecule has 0 aliphatic rings. The highest BCUT2D eigenvalue weighted by Gasteiger charge is 2.22. The van der Waals surface area contributed by atoms with Crippen LogP contribution >= 0.6 is 23.1 Å². The molecule has 0 saturated carbocycles. The van der Waals surface area contributed by atoms with E-state index in [4.69, 9.17) is 9.47 Å². The quantitative estimate of drug-likeness (QED) is 0.368. The number of benzene rings is 2. The van der Waals surface area contributed by atoms with Gasteiger partial charge in [-0.1, -0.05) is 41.3 Å². The second kappa shape index (κ2) is 10.2. The van der Waals surface area contributed by atoms with Crippen molar-refractivity contribution in [3.63, 3.8) is 0 Å². The smallest absolute Gasteiger partial charge is 0.236 e.